The van der Waals surface area contributed by atoms with Crippen molar-refractivity contribution >= 4 is 11.7 Å². The quantitative estimate of drug-likeness (QED) is 0.404. The number of carbonyl (C=O) groups excluding carboxylic acids is 2. The molecule has 4 atom stereocenters. The zero-order chi connectivity index (χ0) is 27.6. The third kappa shape index (κ3) is 5.80. The Labute approximate surface area is 220 Å². The van der Waals surface area contributed by atoms with Crippen LogP contribution in [-0.4, -0.2) is 55.7 Å². The fourth-order valence-electron chi connectivity index (χ4n) is 4.46. The van der Waals surface area contributed by atoms with Crippen molar-refractivity contribution in [2.24, 2.45) is 0 Å². The van der Waals surface area contributed by atoms with E-state index < -0.39 is 29.7 Å². The number of rotatable bonds is 7. The highest BCUT2D eigenvalue weighted by Crippen LogP contribution is 2.38. The van der Waals surface area contributed by atoms with E-state index in [1.54, 1.807) is 43.6 Å². The van der Waals surface area contributed by atoms with Crippen molar-refractivity contribution < 1.29 is 28.9 Å². The van der Waals surface area contributed by atoms with Gasteiger partial charge in [-0.3, -0.25) is 14.6 Å². The summed E-state index contributed by atoms with van der Waals surface area (Å²) in [6.45, 7) is 6.89. The predicted molar refractivity (Wildman–Crippen MR) is 139 cm³/mol. The molecule has 0 unspecified atom stereocenters. The smallest absolute Gasteiger partial charge is 0.251 e. The lowest BCUT2D eigenvalue weighted by atomic mass is 9.84. The number of aliphatic hydroxyl groups excluding tert-OH is 1. The Kier molecular flexibility index (Phi) is 8.01. The molecular formula is C29H32FN3O5. The molecule has 4 rings (SSSR count). The summed E-state index contributed by atoms with van der Waals surface area (Å²) in [5, 5.41) is 23.7. The van der Waals surface area contributed by atoms with Crippen molar-refractivity contribution in [2.45, 2.75) is 70.5 Å². The number of benzene rings is 1. The molecule has 200 valence electrons. The van der Waals surface area contributed by atoms with Crippen molar-refractivity contribution in [1.29, 1.82) is 0 Å². The average Bonchev–Trinajstić information content (AvgIpc) is 2.87. The summed E-state index contributed by atoms with van der Waals surface area (Å²) >= 11 is 0. The molecule has 1 aliphatic heterocycles. The molecule has 2 aromatic heterocycles. The van der Waals surface area contributed by atoms with Gasteiger partial charge in [0, 0.05) is 42.4 Å². The Morgan fingerprint density at radius 2 is 2.00 bits per heavy atom. The fourth-order valence-corrected chi connectivity index (χ4v) is 4.46. The van der Waals surface area contributed by atoms with Gasteiger partial charge in [-0.05, 0) is 75.2 Å². The SMILES string of the molecule is CC(C)NC(=O)c1ccc(F)c(-c2cccc(C(=O)Cc3cnccc3[C@H]3C[C@@H](O)[C@](C)(O)[C@@H](C)O3)n2)c1. The summed E-state index contributed by atoms with van der Waals surface area (Å²) in [5.41, 5.74) is 0.685. The average molecular weight is 522 g/mol. The normalized spacial score (nSPS) is 23.3. The van der Waals surface area contributed by atoms with Gasteiger partial charge in [-0.1, -0.05) is 6.07 Å². The second-order valence-electron chi connectivity index (χ2n) is 10.1. The Balaban J connectivity index is 1.58. The second kappa shape index (κ2) is 11.1. The summed E-state index contributed by atoms with van der Waals surface area (Å²) in [4.78, 5) is 34.2. The van der Waals surface area contributed by atoms with E-state index in [2.05, 4.69) is 15.3 Å². The van der Waals surface area contributed by atoms with Gasteiger partial charge in [-0.25, -0.2) is 9.37 Å². The molecule has 1 amide bonds. The number of nitrogens with one attached hydrogen (secondary N) is 1. The van der Waals surface area contributed by atoms with Crippen LogP contribution in [0.1, 0.15) is 72.2 Å². The molecule has 0 radical (unpaired) electrons. The zero-order valence-corrected chi connectivity index (χ0v) is 21.8. The van der Waals surface area contributed by atoms with Gasteiger partial charge in [0.25, 0.3) is 5.91 Å². The number of ether oxygens (including phenoxy) is 1. The number of hydrogen-bond acceptors (Lipinski definition) is 7. The molecule has 0 aliphatic carbocycles. The summed E-state index contributed by atoms with van der Waals surface area (Å²) < 4.78 is 20.7. The number of Topliss-reactive ketones (excluding diaryl/α,β-unsaturated/α-hetero) is 1. The Morgan fingerprint density at radius 3 is 2.71 bits per heavy atom. The van der Waals surface area contributed by atoms with Gasteiger partial charge in [-0.2, -0.15) is 0 Å². The van der Waals surface area contributed by atoms with Crippen LogP contribution in [0, 0.1) is 5.82 Å². The molecule has 0 saturated carbocycles. The van der Waals surface area contributed by atoms with E-state index in [1.165, 1.54) is 25.1 Å². The van der Waals surface area contributed by atoms with E-state index in [4.69, 9.17) is 4.74 Å². The van der Waals surface area contributed by atoms with Gasteiger partial charge in [0.05, 0.1) is 24.0 Å². The van der Waals surface area contributed by atoms with Gasteiger partial charge >= 0.3 is 0 Å². The van der Waals surface area contributed by atoms with Crippen LogP contribution in [0.25, 0.3) is 11.3 Å². The molecule has 1 aliphatic rings. The van der Waals surface area contributed by atoms with Crippen molar-refractivity contribution in [1.82, 2.24) is 15.3 Å². The molecule has 3 heterocycles. The topological polar surface area (TPSA) is 122 Å². The predicted octanol–water partition coefficient (Wildman–Crippen LogP) is 3.81. The van der Waals surface area contributed by atoms with Gasteiger partial charge in [0.2, 0.25) is 0 Å². The number of carbonyl (C=O) groups is 2. The third-order valence-electron chi connectivity index (χ3n) is 6.90. The van der Waals surface area contributed by atoms with Crippen LogP contribution in [0.5, 0.6) is 0 Å². The van der Waals surface area contributed by atoms with Crippen molar-refractivity contribution in [3.63, 3.8) is 0 Å². The number of aliphatic hydroxyl groups is 2. The number of ketones is 1. The van der Waals surface area contributed by atoms with E-state index in [0.717, 1.165) is 0 Å². The van der Waals surface area contributed by atoms with Crippen LogP contribution in [0.3, 0.4) is 0 Å². The van der Waals surface area contributed by atoms with Crippen LogP contribution < -0.4 is 5.32 Å². The lowest BCUT2D eigenvalue weighted by Crippen LogP contribution is -2.54. The molecule has 1 fully saturated rings. The molecule has 38 heavy (non-hydrogen) atoms. The summed E-state index contributed by atoms with van der Waals surface area (Å²) in [5.74, 6) is -1.20. The van der Waals surface area contributed by atoms with E-state index in [0.29, 0.717) is 11.1 Å². The van der Waals surface area contributed by atoms with Crippen LogP contribution in [0.4, 0.5) is 4.39 Å². The highest BCUT2D eigenvalue weighted by Gasteiger charge is 2.44. The number of aromatic nitrogens is 2. The minimum atomic E-state index is -1.38. The van der Waals surface area contributed by atoms with Crippen LogP contribution in [-0.2, 0) is 11.2 Å². The minimum absolute atomic E-state index is 0.0420. The maximum atomic E-state index is 14.7. The first-order valence-electron chi connectivity index (χ1n) is 12.6. The van der Waals surface area contributed by atoms with Crippen LogP contribution in [0.15, 0.2) is 54.9 Å². The minimum Gasteiger partial charge on any atom is -0.390 e. The number of hydrogen-bond donors (Lipinski definition) is 3. The Bertz CT molecular complexity index is 1330. The summed E-state index contributed by atoms with van der Waals surface area (Å²) in [7, 11) is 0. The molecule has 8 nitrogen and oxygen atoms in total. The van der Waals surface area contributed by atoms with E-state index >= 15 is 0 Å². The van der Waals surface area contributed by atoms with Crippen LogP contribution >= 0.6 is 0 Å². The molecule has 1 saturated heterocycles. The van der Waals surface area contributed by atoms with Crippen molar-refractivity contribution in [3.05, 3.63) is 83.1 Å². The maximum Gasteiger partial charge on any atom is 0.251 e. The number of amides is 1. The summed E-state index contributed by atoms with van der Waals surface area (Å²) in [6, 6.07) is 10.4. The second-order valence-corrected chi connectivity index (χ2v) is 10.1. The van der Waals surface area contributed by atoms with Gasteiger partial charge in [-0.15, -0.1) is 0 Å². The third-order valence-corrected chi connectivity index (χ3v) is 6.90. The molecular weight excluding hydrogens is 489 g/mol. The van der Waals surface area contributed by atoms with E-state index in [9.17, 15) is 24.2 Å². The molecule has 1 aromatic carbocycles. The van der Waals surface area contributed by atoms with E-state index in [1.807, 2.05) is 13.8 Å². The Hall–Kier alpha value is -3.53. The largest absolute Gasteiger partial charge is 0.390 e. The lowest BCUT2D eigenvalue weighted by molar-refractivity contribution is -0.215. The van der Waals surface area contributed by atoms with E-state index in [-0.39, 0.29) is 53.1 Å². The zero-order valence-electron chi connectivity index (χ0n) is 21.8. The van der Waals surface area contributed by atoms with Crippen molar-refractivity contribution in [3.8, 4) is 11.3 Å². The molecule has 0 spiro atoms. The monoisotopic (exact) mass is 521 g/mol. The standard InChI is InChI=1S/C29H32FN3O5/c1-16(2)32-28(36)18-8-9-22(30)21(12-18)23-6-5-7-24(33-23)25(34)13-19-15-31-11-10-20(19)26-14-27(35)29(4,37)17(3)38-26/h5-12,15-17,26-27,35,37H,13-14H2,1-4H3,(H,32,36)/t17-,26-,27-,29-/m1/s1. The first-order chi connectivity index (χ1) is 18.0. The first-order valence-corrected chi connectivity index (χ1v) is 12.6. The van der Waals surface area contributed by atoms with Gasteiger partial charge in [0.1, 0.15) is 17.1 Å². The van der Waals surface area contributed by atoms with Gasteiger partial charge < -0.3 is 20.3 Å². The first kappa shape index (κ1) is 27.5. The molecule has 3 N–H and O–H groups in total. The number of halogens is 1. The molecule has 3 aromatic rings. The summed E-state index contributed by atoms with van der Waals surface area (Å²) in [6.07, 6.45) is 1.12. The molecule has 0 bridgehead atoms. The Morgan fingerprint density at radius 1 is 1.24 bits per heavy atom. The van der Waals surface area contributed by atoms with Crippen molar-refractivity contribution in [2.75, 3.05) is 0 Å². The molecule has 9 heteroatoms. The lowest BCUT2D eigenvalue weighted by Gasteiger charge is -2.43. The van der Waals surface area contributed by atoms with Crippen LogP contribution in [0.2, 0.25) is 0 Å². The highest BCUT2D eigenvalue weighted by atomic mass is 19.1. The number of nitrogens with zero attached hydrogens (tertiary/aromatic N) is 2. The maximum absolute atomic E-state index is 14.7. The van der Waals surface area contributed by atoms with Gasteiger partial charge in [0.15, 0.2) is 5.78 Å². The highest BCUT2D eigenvalue weighted by molar-refractivity contribution is 5.97. The fraction of sp³-hybridized carbons (Fsp3) is 0.379. The number of pyridine rings is 2.